The SMILES string of the molecule is CN(C1CCN(c2ccc3c(c2)n(C)c(=O)n3C2CCC(=O)NC2=O)CC1)C1CCN(c2ccc3c(ccc4sc5c(c43)NCCNC5=O)n2)CC1(F)F. The number of amides is 3. The highest BCUT2D eigenvalue weighted by Gasteiger charge is 2.48. The quantitative estimate of drug-likeness (QED) is 0.227. The van der Waals surface area contributed by atoms with Crippen LogP contribution in [0.3, 0.4) is 0 Å². The standard InChI is InChI=1S/C38H41F2N9O4S/c1-45(21-11-16-47(17-12-21)22-3-6-25-27(19-22)46(2)37(53)49(25)26-7-10-31(50)44-35(26)51)29-13-18-48(20-38(29,39)40)30-9-4-23-24(43-30)5-8-28-32(23)33-34(54-28)36(52)42-15-14-41-33/h3-6,8-9,19,21,26,29,41H,7,10-18,20H2,1-2H3,(H,42,52)(H,44,50,51). The van der Waals surface area contributed by atoms with Crippen molar-refractivity contribution in [3.05, 3.63) is 57.8 Å². The molecule has 54 heavy (non-hydrogen) atoms. The summed E-state index contributed by atoms with van der Waals surface area (Å²) in [7, 11) is 3.50. The van der Waals surface area contributed by atoms with Gasteiger partial charge in [-0.05, 0) is 75.2 Å². The summed E-state index contributed by atoms with van der Waals surface area (Å²) in [5, 5.41) is 10.5. The zero-order valence-electron chi connectivity index (χ0n) is 30.0. The first kappa shape index (κ1) is 34.7. The topological polar surface area (TPSA) is 137 Å². The summed E-state index contributed by atoms with van der Waals surface area (Å²) in [6, 6.07) is 11.7. The van der Waals surface area contributed by atoms with Gasteiger partial charge in [-0.25, -0.2) is 18.6 Å². The third kappa shape index (κ3) is 5.68. The average molecular weight is 758 g/mol. The lowest BCUT2D eigenvalue weighted by molar-refractivity contribution is -0.135. The number of benzene rings is 2. The molecule has 16 heteroatoms. The molecular weight excluding hydrogens is 717 g/mol. The zero-order chi connectivity index (χ0) is 37.5. The predicted octanol–water partition coefficient (Wildman–Crippen LogP) is 4.05. The van der Waals surface area contributed by atoms with E-state index in [0.717, 1.165) is 26.8 Å². The van der Waals surface area contributed by atoms with Gasteiger partial charge in [0.15, 0.2) is 0 Å². The van der Waals surface area contributed by atoms with E-state index in [2.05, 4.69) is 20.9 Å². The van der Waals surface area contributed by atoms with Gasteiger partial charge in [-0.15, -0.1) is 11.3 Å². The molecule has 3 saturated heterocycles. The number of fused-ring (bicyclic) bond motifs is 6. The highest BCUT2D eigenvalue weighted by Crippen LogP contribution is 2.42. The highest BCUT2D eigenvalue weighted by atomic mass is 32.1. The number of hydrogen-bond donors (Lipinski definition) is 3. The van der Waals surface area contributed by atoms with Crippen LogP contribution in [0.2, 0.25) is 0 Å². The number of rotatable bonds is 5. The van der Waals surface area contributed by atoms with Crippen LogP contribution in [0.15, 0.2) is 47.3 Å². The van der Waals surface area contributed by atoms with Crippen LogP contribution in [0, 0.1) is 0 Å². The van der Waals surface area contributed by atoms with E-state index in [9.17, 15) is 19.2 Å². The molecule has 0 saturated carbocycles. The van der Waals surface area contributed by atoms with Crippen molar-refractivity contribution in [2.24, 2.45) is 7.05 Å². The molecule has 3 fully saturated rings. The van der Waals surface area contributed by atoms with E-state index in [4.69, 9.17) is 4.98 Å². The Bertz CT molecular complexity index is 2420. The number of thiophene rings is 1. The smallest absolute Gasteiger partial charge is 0.329 e. The normalized spacial score (nSPS) is 22.4. The minimum Gasteiger partial charge on any atom is -0.381 e. The molecule has 0 aliphatic carbocycles. The first-order valence-electron chi connectivity index (χ1n) is 18.5. The molecular formula is C38H41F2N9O4S. The molecule has 13 nitrogen and oxygen atoms in total. The highest BCUT2D eigenvalue weighted by molar-refractivity contribution is 7.21. The number of anilines is 3. The van der Waals surface area contributed by atoms with Gasteiger partial charge in [-0.2, -0.15) is 0 Å². The summed E-state index contributed by atoms with van der Waals surface area (Å²) >= 11 is 1.44. The van der Waals surface area contributed by atoms with Crippen molar-refractivity contribution in [3.8, 4) is 0 Å². The molecule has 2 aromatic carbocycles. The van der Waals surface area contributed by atoms with Crippen molar-refractivity contribution < 1.29 is 23.2 Å². The molecule has 9 rings (SSSR count). The summed E-state index contributed by atoms with van der Waals surface area (Å²) in [6.07, 6.45) is 2.17. The summed E-state index contributed by atoms with van der Waals surface area (Å²) in [6.45, 7) is 2.55. The van der Waals surface area contributed by atoms with E-state index in [-0.39, 0.29) is 36.4 Å². The number of imidazole rings is 1. The summed E-state index contributed by atoms with van der Waals surface area (Å²) in [5.74, 6) is -3.34. The number of hydrogen-bond acceptors (Lipinski definition) is 10. The number of piperidine rings is 3. The fraction of sp³-hybridized carbons (Fsp3) is 0.447. The van der Waals surface area contributed by atoms with Crippen LogP contribution in [0.25, 0.3) is 32.0 Å². The van der Waals surface area contributed by atoms with Gasteiger partial charge in [0.2, 0.25) is 11.8 Å². The Morgan fingerprint density at radius 2 is 1.69 bits per heavy atom. The third-order valence-electron chi connectivity index (χ3n) is 11.8. The van der Waals surface area contributed by atoms with Crippen LogP contribution in [-0.2, 0) is 16.6 Å². The molecule has 0 bridgehead atoms. The van der Waals surface area contributed by atoms with Gasteiger partial charge in [0.25, 0.3) is 11.8 Å². The van der Waals surface area contributed by atoms with Crippen LogP contribution in [0.1, 0.15) is 47.8 Å². The fourth-order valence-electron chi connectivity index (χ4n) is 8.93. The lowest BCUT2D eigenvalue weighted by Gasteiger charge is -2.47. The lowest BCUT2D eigenvalue weighted by atomic mass is 9.94. The Morgan fingerprint density at radius 3 is 2.46 bits per heavy atom. The molecule has 282 valence electrons. The number of carbonyl (C=O) groups excluding carboxylic acids is 3. The molecule has 3 aromatic heterocycles. The number of pyridine rings is 1. The minimum absolute atomic E-state index is 0.0111. The van der Waals surface area contributed by atoms with Crippen molar-refractivity contribution in [2.45, 2.75) is 56.2 Å². The van der Waals surface area contributed by atoms with Gasteiger partial charge < -0.3 is 20.4 Å². The number of aromatic nitrogens is 3. The first-order chi connectivity index (χ1) is 26.0. The number of nitrogens with one attached hydrogen (secondary N) is 3. The largest absolute Gasteiger partial charge is 0.381 e. The second kappa shape index (κ2) is 13.0. The molecule has 5 aromatic rings. The maximum Gasteiger partial charge on any atom is 0.329 e. The van der Waals surface area contributed by atoms with Crippen LogP contribution in [-0.4, -0.2) is 101 Å². The Labute approximate surface area is 312 Å². The van der Waals surface area contributed by atoms with Crippen LogP contribution < -0.4 is 31.4 Å². The average Bonchev–Trinajstić information content (AvgIpc) is 3.59. The number of imide groups is 1. The van der Waals surface area contributed by atoms with E-state index in [1.807, 2.05) is 54.4 Å². The predicted molar refractivity (Wildman–Crippen MR) is 205 cm³/mol. The molecule has 4 aliphatic rings. The number of nitrogens with zero attached hydrogens (tertiary/aromatic N) is 6. The maximum atomic E-state index is 16.1. The second-order valence-corrected chi connectivity index (χ2v) is 15.9. The van der Waals surface area contributed by atoms with Gasteiger partial charge in [-0.3, -0.25) is 33.7 Å². The Hall–Kier alpha value is -5.09. The van der Waals surface area contributed by atoms with Crippen LogP contribution >= 0.6 is 11.3 Å². The van der Waals surface area contributed by atoms with Gasteiger partial charge in [0, 0.05) is 73.4 Å². The monoisotopic (exact) mass is 757 g/mol. The van der Waals surface area contributed by atoms with Crippen molar-refractivity contribution in [1.82, 2.24) is 29.7 Å². The Kier molecular flexibility index (Phi) is 8.37. The van der Waals surface area contributed by atoms with E-state index in [1.54, 1.807) is 11.9 Å². The zero-order valence-corrected chi connectivity index (χ0v) is 30.8. The van der Waals surface area contributed by atoms with E-state index in [1.165, 1.54) is 20.5 Å². The molecule has 0 spiro atoms. The number of carbonyl (C=O) groups is 3. The first-order valence-corrected chi connectivity index (χ1v) is 19.3. The van der Waals surface area contributed by atoms with Gasteiger partial charge in [0.1, 0.15) is 16.7 Å². The molecule has 0 radical (unpaired) electrons. The molecule has 2 unspecified atom stereocenters. The van der Waals surface area contributed by atoms with Gasteiger partial charge in [-0.1, -0.05) is 0 Å². The maximum absolute atomic E-state index is 16.1. The van der Waals surface area contributed by atoms with E-state index < -0.39 is 30.5 Å². The third-order valence-corrected chi connectivity index (χ3v) is 13.0. The van der Waals surface area contributed by atoms with E-state index >= 15 is 8.78 Å². The van der Waals surface area contributed by atoms with Crippen molar-refractivity contribution >= 4 is 78.3 Å². The van der Waals surface area contributed by atoms with Crippen molar-refractivity contribution in [1.29, 1.82) is 0 Å². The summed E-state index contributed by atoms with van der Waals surface area (Å²) in [5.41, 5.74) is 3.44. The molecule has 3 N–H and O–H groups in total. The molecule has 3 amide bonds. The number of aryl methyl sites for hydroxylation is 1. The summed E-state index contributed by atoms with van der Waals surface area (Å²) in [4.78, 5) is 61.4. The second-order valence-electron chi connectivity index (χ2n) is 14.9. The Balaban J connectivity index is 0.870. The summed E-state index contributed by atoms with van der Waals surface area (Å²) < 4.78 is 36.1. The van der Waals surface area contributed by atoms with Crippen LogP contribution in [0.5, 0.6) is 0 Å². The number of alkyl halides is 2. The number of halogens is 2. The van der Waals surface area contributed by atoms with E-state index in [0.29, 0.717) is 79.2 Å². The molecule has 7 heterocycles. The van der Waals surface area contributed by atoms with Crippen molar-refractivity contribution in [3.63, 3.8) is 0 Å². The van der Waals surface area contributed by atoms with Gasteiger partial charge in [0.05, 0.1) is 34.8 Å². The minimum atomic E-state index is -2.96. The molecule has 2 atom stereocenters. The van der Waals surface area contributed by atoms with Gasteiger partial charge >= 0.3 is 5.69 Å². The fourth-order valence-corrected chi connectivity index (χ4v) is 10.0. The van der Waals surface area contributed by atoms with Crippen LogP contribution in [0.4, 0.5) is 26.0 Å². The van der Waals surface area contributed by atoms with Crippen molar-refractivity contribution in [2.75, 3.05) is 61.4 Å². The Morgan fingerprint density at radius 1 is 0.907 bits per heavy atom. The molecule has 4 aliphatic heterocycles. The lowest BCUT2D eigenvalue weighted by Crippen LogP contribution is -2.60.